The maximum absolute atomic E-state index is 13.7. The van der Waals surface area contributed by atoms with Gasteiger partial charge < -0.3 is 10.6 Å². The SMILES string of the molecule is CN=C(NCCNS(=O)(=O)c1cccnc1)NC(C)c1ccc(C)c(F)c1. The lowest BCUT2D eigenvalue weighted by atomic mass is 10.1. The van der Waals surface area contributed by atoms with E-state index >= 15 is 0 Å². The van der Waals surface area contributed by atoms with Gasteiger partial charge in [0.1, 0.15) is 10.7 Å². The van der Waals surface area contributed by atoms with Crippen molar-refractivity contribution in [2.45, 2.75) is 24.8 Å². The highest BCUT2D eigenvalue weighted by molar-refractivity contribution is 7.89. The second-order valence-corrected chi connectivity index (χ2v) is 7.73. The van der Waals surface area contributed by atoms with Gasteiger partial charge in [-0.05, 0) is 43.2 Å². The molecule has 0 fully saturated rings. The van der Waals surface area contributed by atoms with Gasteiger partial charge in [0.2, 0.25) is 10.0 Å². The van der Waals surface area contributed by atoms with Crippen molar-refractivity contribution in [3.8, 4) is 0 Å². The van der Waals surface area contributed by atoms with Crippen molar-refractivity contribution in [3.63, 3.8) is 0 Å². The van der Waals surface area contributed by atoms with Crippen molar-refractivity contribution < 1.29 is 12.8 Å². The minimum Gasteiger partial charge on any atom is -0.355 e. The molecule has 1 aromatic heterocycles. The average Bonchev–Trinajstić information content (AvgIpc) is 2.66. The number of halogens is 1. The van der Waals surface area contributed by atoms with E-state index in [-0.39, 0.29) is 23.3 Å². The summed E-state index contributed by atoms with van der Waals surface area (Å²) in [5, 5.41) is 6.17. The van der Waals surface area contributed by atoms with E-state index in [1.807, 2.05) is 13.0 Å². The van der Waals surface area contributed by atoms with E-state index in [1.54, 1.807) is 26.1 Å². The van der Waals surface area contributed by atoms with E-state index in [4.69, 9.17) is 0 Å². The molecule has 0 spiro atoms. The molecule has 0 saturated carbocycles. The van der Waals surface area contributed by atoms with Crippen LogP contribution >= 0.6 is 0 Å². The fraction of sp³-hybridized carbons (Fsp3) is 0.333. The molecule has 27 heavy (non-hydrogen) atoms. The molecule has 7 nitrogen and oxygen atoms in total. The number of guanidine groups is 1. The number of aromatic nitrogens is 1. The Morgan fingerprint density at radius 2 is 2.07 bits per heavy atom. The molecule has 1 atom stereocenters. The molecule has 2 rings (SSSR count). The van der Waals surface area contributed by atoms with Gasteiger partial charge in [0, 0.05) is 32.5 Å². The molecular weight excluding hydrogens is 369 g/mol. The summed E-state index contributed by atoms with van der Waals surface area (Å²) in [6.45, 7) is 4.10. The molecular formula is C18H24FN5O2S. The highest BCUT2D eigenvalue weighted by Gasteiger charge is 2.13. The van der Waals surface area contributed by atoms with E-state index in [9.17, 15) is 12.8 Å². The van der Waals surface area contributed by atoms with Crippen LogP contribution in [0.2, 0.25) is 0 Å². The van der Waals surface area contributed by atoms with Crippen LogP contribution in [0.3, 0.4) is 0 Å². The van der Waals surface area contributed by atoms with Gasteiger partial charge in [-0.2, -0.15) is 0 Å². The molecule has 1 unspecified atom stereocenters. The quantitative estimate of drug-likeness (QED) is 0.378. The molecule has 2 aromatic rings. The van der Waals surface area contributed by atoms with Crippen molar-refractivity contribution in [2.24, 2.45) is 4.99 Å². The number of hydrogen-bond acceptors (Lipinski definition) is 4. The number of aliphatic imine (C=N–C) groups is 1. The van der Waals surface area contributed by atoms with E-state index in [0.29, 0.717) is 18.1 Å². The summed E-state index contributed by atoms with van der Waals surface area (Å²) >= 11 is 0. The Kier molecular flexibility index (Phi) is 7.26. The van der Waals surface area contributed by atoms with E-state index in [2.05, 4.69) is 25.3 Å². The van der Waals surface area contributed by atoms with Crippen LogP contribution in [0.25, 0.3) is 0 Å². The van der Waals surface area contributed by atoms with Gasteiger partial charge in [-0.25, -0.2) is 17.5 Å². The van der Waals surface area contributed by atoms with Crippen LogP contribution in [-0.4, -0.2) is 39.5 Å². The van der Waals surface area contributed by atoms with Crippen LogP contribution in [-0.2, 0) is 10.0 Å². The molecule has 0 aliphatic carbocycles. The van der Waals surface area contributed by atoms with Crippen LogP contribution in [0, 0.1) is 12.7 Å². The normalized spacial score (nSPS) is 13.3. The summed E-state index contributed by atoms with van der Waals surface area (Å²) < 4.78 is 40.4. The Bertz CT molecular complexity index is 888. The number of aryl methyl sites for hydroxylation is 1. The lowest BCUT2D eigenvalue weighted by molar-refractivity contribution is 0.579. The van der Waals surface area contributed by atoms with Gasteiger partial charge in [0.05, 0.1) is 6.04 Å². The van der Waals surface area contributed by atoms with Gasteiger partial charge in [-0.15, -0.1) is 0 Å². The summed E-state index contributed by atoms with van der Waals surface area (Å²) in [6.07, 6.45) is 2.80. The van der Waals surface area contributed by atoms with E-state index in [1.165, 1.54) is 24.5 Å². The topological polar surface area (TPSA) is 95.5 Å². The summed E-state index contributed by atoms with van der Waals surface area (Å²) in [6, 6.07) is 7.94. The predicted octanol–water partition coefficient (Wildman–Crippen LogP) is 1.73. The molecule has 0 amide bonds. The molecule has 9 heteroatoms. The first-order valence-electron chi connectivity index (χ1n) is 8.46. The fourth-order valence-corrected chi connectivity index (χ4v) is 3.31. The molecule has 0 bridgehead atoms. The Balaban J connectivity index is 1.84. The van der Waals surface area contributed by atoms with E-state index < -0.39 is 10.0 Å². The minimum absolute atomic E-state index is 0.113. The minimum atomic E-state index is -3.59. The molecule has 0 aliphatic rings. The van der Waals surface area contributed by atoms with Crippen LogP contribution < -0.4 is 15.4 Å². The van der Waals surface area contributed by atoms with Gasteiger partial charge in [0.25, 0.3) is 0 Å². The Hall–Kier alpha value is -2.52. The van der Waals surface area contributed by atoms with E-state index in [0.717, 1.165) is 5.56 Å². The first-order chi connectivity index (χ1) is 12.8. The first kappa shape index (κ1) is 20.8. The number of benzene rings is 1. The Labute approximate surface area is 159 Å². The van der Waals surface area contributed by atoms with Gasteiger partial charge in [-0.3, -0.25) is 9.98 Å². The van der Waals surface area contributed by atoms with Crippen molar-refractivity contribution in [2.75, 3.05) is 20.1 Å². The molecule has 146 valence electrons. The summed E-state index contributed by atoms with van der Waals surface area (Å²) in [5.41, 5.74) is 1.38. The van der Waals surface area contributed by atoms with Crippen LogP contribution in [0.15, 0.2) is 52.6 Å². The standard InChI is InChI=1S/C18H24FN5O2S/c1-13-6-7-15(11-17(13)19)14(2)24-18(20-3)22-9-10-23-27(25,26)16-5-4-8-21-12-16/h4-8,11-12,14,23H,9-10H2,1-3H3,(H2,20,22,24). The molecule has 1 aromatic carbocycles. The molecule has 1 heterocycles. The lowest BCUT2D eigenvalue weighted by Gasteiger charge is -2.19. The van der Waals surface area contributed by atoms with Crippen molar-refractivity contribution in [1.29, 1.82) is 0 Å². The van der Waals surface area contributed by atoms with Crippen molar-refractivity contribution >= 4 is 16.0 Å². The third kappa shape index (κ3) is 6.00. The number of sulfonamides is 1. The van der Waals surface area contributed by atoms with Gasteiger partial charge in [0.15, 0.2) is 5.96 Å². The molecule has 0 radical (unpaired) electrons. The number of nitrogens with one attached hydrogen (secondary N) is 3. The summed E-state index contributed by atoms with van der Waals surface area (Å²) in [7, 11) is -1.99. The van der Waals surface area contributed by atoms with Gasteiger partial charge in [-0.1, -0.05) is 12.1 Å². The van der Waals surface area contributed by atoms with Crippen molar-refractivity contribution in [1.82, 2.24) is 20.3 Å². The Morgan fingerprint density at radius 1 is 1.30 bits per heavy atom. The van der Waals surface area contributed by atoms with Crippen molar-refractivity contribution in [3.05, 3.63) is 59.7 Å². The zero-order chi connectivity index (χ0) is 19.9. The third-order valence-corrected chi connectivity index (χ3v) is 5.37. The molecule has 3 N–H and O–H groups in total. The largest absolute Gasteiger partial charge is 0.355 e. The predicted molar refractivity (Wildman–Crippen MR) is 103 cm³/mol. The summed E-state index contributed by atoms with van der Waals surface area (Å²) in [4.78, 5) is 8.02. The number of rotatable bonds is 7. The third-order valence-electron chi connectivity index (χ3n) is 3.93. The average molecular weight is 393 g/mol. The zero-order valence-corrected chi connectivity index (χ0v) is 16.3. The second-order valence-electron chi connectivity index (χ2n) is 5.96. The highest BCUT2D eigenvalue weighted by Crippen LogP contribution is 2.16. The Morgan fingerprint density at radius 3 is 2.70 bits per heavy atom. The maximum Gasteiger partial charge on any atom is 0.242 e. The maximum atomic E-state index is 13.7. The highest BCUT2D eigenvalue weighted by atomic mass is 32.2. The first-order valence-corrected chi connectivity index (χ1v) is 9.94. The lowest BCUT2D eigenvalue weighted by Crippen LogP contribution is -2.42. The number of pyridine rings is 1. The van der Waals surface area contributed by atoms with Crippen LogP contribution in [0.5, 0.6) is 0 Å². The zero-order valence-electron chi connectivity index (χ0n) is 15.5. The monoisotopic (exact) mass is 393 g/mol. The fourth-order valence-electron chi connectivity index (χ4n) is 2.32. The van der Waals surface area contributed by atoms with Crippen LogP contribution in [0.1, 0.15) is 24.1 Å². The molecule has 0 saturated heterocycles. The van der Waals surface area contributed by atoms with Gasteiger partial charge >= 0.3 is 0 Å². The summed E-state index contributed by atoms with van der Waals surface area (Å²) in [5.74, 6) is 0.234. The second kappa shape index (κ2) is 9.43. The smallest absolute Gasteiger partial charge is 0.242 e. The van der Waals surface area contributed by atoms with Crippen LogP contribution in [0.4, 0.5) is 4.39 Å². The molecule has 0 aliphatic heterocycles. The number of nitrogens with zero attached hydrogens (tertiary/aromatic N) is 2. The number of hydrogen-bond donors (Lipinski definition) is 3.